The van der Waals surface area contributed by atoms with E-state index < -0.39 is 40.0 Å². The second kappa shape index (κ2) is 5.82. The molecule has 0 bridgehead atoms. The summed E-state index contributed by atoms with van der Waals surface area (Å²) in [6, 6.07) is 0.982. The minimum atomic E-state index is -1.76. The van der Waals surface area contributed by atoms with Crippen molar-refractivity contribution < 1.29 is 22.4 Å². The Morgan fingerprint density at radius 2 is 1.57 bits per heavy atom. The van der Waals surface area contributed by atoms with Crippen LogP contribution in [0.5, 0.6) is 0 Å². The highest BCUT2D eigenvalue weighted by Crippen LogP contribution is 2.25. The van der Waals surface area contributed by atoms with Crippen molar-refractivity contribution in [1.29, 1.82) is 0 Å². The zero-order chi connectivity index (χ0) is 15.7. The second-order valence-electron chi connectivity index (χ2n) is 3.67. The number of hydrogen-bond acceptors (Lipinski definition) is 3. The van der Waals surface area contributed by atoms with Crippen LogP contribution in [0, 0.1) is 23.3 Å². The van der Waals surface area contributed by atoms with Crippen molar-refractivity contribution in [2.75, 3.05) is 5.32 Å². The molecule has 0 saturated carbocycles. The summed E-state index contributed by atoms with van der Waals surface area (Å²) in [5.41, 5.74) is -1.67. The van der Waals surface area contributed by atoms with E-state index in [0.29, 0.717) is 0 Å². The molecule has 1 aromatic carbocycles. The van der Waals surface area contributed by atoms with Crippen LogP contribution < -0.4 is 5.32 Å². The van der Waals surface area contributed by atoms with Crippen LogP contribution in [0.1, 0.15) is 10.4 Å². The van der Waals surface area contributed by atoms with Crippen molar-refractivity contribution in [1.82, 2.24) is 10.2 Å². The summed E-state index contributed by atoms with van der Waals surface area (Å²) in [7, 11) is 0. The third kappa shape index (κ3) is 3.06. The van der Waals surface area contributed by atoms with Crippen molar-refractivity contribution in [2.24, 2.45) is 0 Å². The predicted octanol–water partition coefficient (Wildman–Crippen LogP) is 3.59. The predicted molar refractivity (Wildman–Crippen MR) is 66.3 cm³/mol. The summed E-state index contributed by atoms with van der Waals surface area (Å²) >= 11 is 11.1. The Bertz CT molecular complexity index is 716. The normalized spacial score (nSPS) is 10.6. The molecule has 0 fully saturated rings. The highest BCUT2D eigenvalue weighted by atomic mass is 35.5. The van der Waals surface area contributed by atoms with E-state index in [1.807, 2.05) is 0 Å². The van der Waals surface area contributed by atoms with E-state index >= 15 is 0 Å². The van der Waals surface area contributed by atoms with E-state index in [0.717, 1.165) is 6.07 Å². The Labute approximate surface area is 124 Å². The number of nitrogens with one attached hydrogen (secondary N) is 1. The number of rotatable bonds is 2. The molecule has 2 rings (SSSR count). The molecule has 0 saturated heterocycles. The standard InChI is InChI=1S/C11H3Cl2F4N3O/c12-6-1-3(10(13)20-19-6)11(21)18-9-7(16)4(14)2-5(15)8(9)17/h1-2H,(H,18,21). The number of carbonyl (C=O) groups is 1. The molecular formula is C11H3Cl2F4N3O. The molecule has 21 heavy (non-hydrogen) atoms. The number of carbonyl (C=O) groups excluding carboxylic acids is 1. The summed E-state index contributed by atoms with van der Waals surface area (Å²) in [4.78, 5) is 11.8. The minimum absolute atomic E-state index is 0.0121. The van der Waals surface area contributed by atoms with Crippen molar-refractivity contribution in [2.45, 2.75) is 0 Å². The highest BCUT2D eigenvalue weighted by molar-refractivity contribution is 6.34. The van der Waals surface area contributed by atoms with Crippen molar-refractivity contribution in [3.63, 3.8) is 0 Å². The van der Waals surface area contributed by atoms with Crippen molar-refractivity contribution >= 4 is 34.8 Å². The van der Waals surface area contributed by atoms with Gasteiger partial charge in [0, 0.05) is 6.07 Å². The van der Waals surface area contributed by atoms with E-state index in [4.69, 9.17) is 23.2 Å². The number of anilines is 1. The lowest BCUT2D eigenvalue weighted by Gasteiger charge is -2.09. The van der Waals surface area contributed by atoms with E-state index in [1.165, 1.54) is 0 Å². The first kappa shape index (κ1) is 15.5. The van der Waals surface area contributed by atoms with Gasteiger partial charge in [-0.2, -0.15) is 0 Å². The van der Waals surface area contributed by atoms with Gasteiger partial charge in [0.2, 0.25) is 0 Å². The van der Waals surface area contributed by atoms with E-state index in [1.54, 1.807) is 5.32 Å². The molecule has 0 unspecified atom stereocenters. The lowest BCUT2D eigenvalue weighted by atomic mass is 10.2. The number of hydrogen-bond donors (Lipinski definition) is 1. The lowest BCUT2D eigenvalue weighted by Crippen LogP contribution is -2.17. The zero-order valence-electron chi connectivity index (χ0n) is 9.73. The number of aromatic nitrogens is 2. The van der Waals surface area contributed by atoms with Crippen molar-refractivity contribution in [3.8, 4) is 0 Å². The van der Waals surface area contributed by atoms with Gasteiger partial charge in [0.25, 0.3) is 5.91 Å². The average molecular weight is 340 g/mol. The Morgan fingerprint density at radius 1 is 1.00 bits per heavy atom. The molecule has 0 aliphatic rings. The molecule has 2 aromatic rings. The average Bonchev–Trinajstić information content (AvgIpc) is 2.43. The Kier molecular flexibility index (Phi) is 4.29. The fourth-order valence-corrected chi connectivity index (χ4v) is 1.70. The first-order valence-corrected chi connectivity index (χ1v) is 5.90. The third-order valence-electron chi connectivity index (χ3n) is 2.31. The molecule has 0 aliphatic carbocycles. The summed E-state index contributed by atoms with van der Waals surface area (Å²) in [6.07, 6.45) is 0. The molecule has 1 heterocycles. The maximum absolute atomic E-state index is 13.4. The van der Waals surface area contributed by atoms with Crippen LogP contribution in [-0.4, -0.2) is 16.1 Å². The molecule has 110 valence electrons. The molecule has 1 N–H and O–H groups in total. The molecule has 4 nitrogen and oxygen atoms in total. The van der Waals surface area contributed by atoms with Gasteiger partial charge in [-0.25, -0.2) is 17.6 Å². The van der Waals surface area contributed by atoms with Crippen molar-refractivity contribution in [3.05, 3.63) is 51.3 Å². The van der Waals surface area contributed by atoms with Crippen LogP contribution in [0.3, 0.4) is 0 Å². The topological polar surface area (TPSA) is 54.9 Å². The Balaban J connectivity index is 2.43. The van der Waals surface area contributed by atoms with E-state index in [2.05, 4.69) is 10.2 Å². The third-order valence-corrected chi connectivity index (χ3v) is 2.78. The van der Waals surface area contributed by atoms with Gasteiger partial charge in [-0.1, -0.05) is 23.2 Å². The molecule has 1 amide bonds. The SMILES string of the molecule is O=C(Nc1c(F)c(F)cc(F)c1F)c1cc(Cl)nnc1Cl. The zero-order valence-corrected chi connectivity index (χ0v) is 11.2. The molecule has 10 heteroatoms. The maximum Gasteiger partial charge on any atom is 0.259 e. The van der Waals surface area contributed by atoms with Gasteiger partial charge >= 0.3 is 0 Å². The van der Waals surface area contributed by atoms with Crippen LogP contribution >= 0.6 is 23.2 Å². The van der Waals surface area contributed by atoms with Crippen LogP contribution in [0.25, 0.3) is 0 Å². The number of amides is 1. The fraction of sp³-hybridized carbons (Fsp3) is 0. The van der Waals surface area contributed by atoms with E-state index in [9.17, 15) is 22.4 Å². The first-order valence-electron chi connectivity index (χ1n) is 5.14. The molecule has 0 aliphatic heterocycles. The summed E-state index contributed by atoms with van der Waals surface area (Å²) in [5.74, 6) is -8.01. The fourth-order valence-electron chi connectivity index (χ4n) is 1.38. The highest BCUT2D eigenvalue weighted by Gasteiger charge is 2.22. The van der Waals surface area contributed by atoms with Crippen LogP contribution in [0.4, 0.5) is 23.2 Å². The van der Waals surface area contributed by atoms with Gasteiger partial charge in [0.1, 0.15) is 5.69 Å². The summed E-state index contributed by atoms with van der Waals surface area (Å²) in [6.45, 7) is 0. The number of nitrogens with zero attached hydrogens (tertiary/aromatic N) is 2. The minimum Gasteiger partial charge on any atom is -0.317 e. The monoisotopic (exact) mass is 339 g/mol. The van der Waals surface area contributed by atoms with Gasteiger partial charge in [-0.3, -0.25) is 4.79 Å². The molecule has 0 atom stereocenters. The lowest BCUT2D eigenvalue weighted by molar-refractivity contribution is 0.102. The van der Waals surface area contributed by atoms with Crippen LogP contribution in [0.15, 0.2) is 12.1 Å². The summed E-state index contributed by atoms with van der Waals surface area (Å²) in [5, 5.41) is 7.68. The van der Waals surface area contributed by atoms with E-state index in [-0.39, 0.29) is 16.8 Å². The maximum atomic E-state index is 13.4. The Hall–Kier alpha value is -1.93. The van der Waals surface area contributed by atoms with Gasteiger partial charge in [0.15, 0.2) is 33.6 Å². The van der Waals surface area contributed by atoms with Crippen LogP contribution in [0.2, 0.25) is 10.3 Å². The van der Waals surface area contributed by atoms with Crippen LogP contribution in [-0.2, 0) is 0 Å². The first-order chi connectivity index (χ1) is 9.81. The molecular weight excluding hydrogens is 337 g/mol. The van der Waals surface area contributed by atoms with Gasteiger partial charge in [-0.15, -0.1) is 10.2 Å². The smallest absolute Gasteiger partial charge is 0.259 e. The van der Waals surface area contributed by atoms with Gasteiger partial charge < -0.3 is 5.32 Å². The quantitative estimate of drug-likeness (QED) is 0.671. The Morgan fingerprint density at radius 3 is 2.14 bits per heavy atom. The second-order valence-corrected chi connectivity index (χ2v) is 4.41. The number of halogens is 6. The molecule has 1 aromatic heterocycles. The van der Waals surface area contributed by atoms with Gasteiger partial charge in [0.05, 0.1) is 5.56 Å². The molecule has 0 radical (unpaired) electrons. The molecule has 0 spiro atoms. The largest absolute Gasteiger partial charge is 0.317 e. The van der Waals surface area contributed by atoms with Gasteiger partial charge in [-0.05, 0) is 6.07 Å². The summed E-state index contributed by atoms with van der Waals surface area (Å²) < 4.78 is 52.9. The number of benzene rings is 1.